The Morgan fingerprint density at radius 3 is 2.59 bits per heavy atom. The number of nitrogens with zero attached hydrogens (tertiary/aromatic N) is 3. The summed E-state index contributed by atoms with van der Waals surface area (Å²) in [6, 6.07) is 7.18. The Bertz CT molecular complexity index is 975. The number of thioether (sulfide) groups is 1. The van der Waals surface area contributed by atoms with E-state index in [0.29, 0.717) is 22.7 Å². The van der Waals surface area contributed by atoms with E-state index >= 15 is 0 Å². The van der Waals surface area contributed by atoms with Crippen LogP contribution in [0.3, 0.4) is 0 Å². The van der Waals surface area contributed by atoms with Gasteiger partial charge in [-0.3, -0.25) is 15.0 Å². The van der Waals surface area contributed by atoms with Gasteiger partial charge in [0.1, 0.15) is 12.4 Å². The van der Waals surface area contributed by atoms with Gasteiger partial charge in [0, 0.05) is 5.56 Å². The number of hydrogen-bond acceptors (Lipinski definition) is 7. The molecule has 0 bridgehead atoms. The summed E-state index contributed by atoms with van der Waals surface area (Å²) in [4.78, 5) is 15.1. The maximum atomic E-state index is 12.6. The molecule has 0 spiro atoms. The first-order valence-corrected chi connectivity index (χ1v) is 13.7. The Kier molecular flexibility index (Phi) is 10.6. The Morgan fingerprint density at radius 2 is 1.88 bits per heavy atom. The Balaban J connectivity index is 1.44. The third kappa shape index (κ3) is 8.89. The van der Waals surface area contributed by atoms with Crippen molar-refractivity contribution in [3.8, 4) is 5.75 Å². The average molecular weight is 501 g/mol. The maximum absolute atomic E-state index is 12.6. The van der Waals surface area contributed by atoms with Gasteiger partial charge in [0.2, 0.25) is 5.13 Å². The van der Waals surface area contributed by atoms with Crippen molar-refractivity contribution in [3.05, 3.63) is 53.1 Å². The minimum atomic E-state index is -0.196. The second kappa shape index (κ2) is 13.7. The smallest absolute Gasteiger partial charge is 0.257 e. The van der Waals surface area contributed by atoms with Crippen molar-refractivity contribution in [3.63, 3.8) is 0 Å². The van der Waals surface area contributed by atoms with Crippen LogP contribution in [0.2, 0.25) is 0 Å². The lowest BCUT2D eigenvalue weighted by atomic mass is 10.1. The van der Waals surface area contributed by atoms with Gasteiger partial charge in [-0.2, -0.15) is 0 Å². The van der Waals surface area contributed by atoms with Gasteiger partial charge in [-0.1, -0.05) is 46.7 Å². The van der Waals surface area contributed by atoms with E-state index in [1.165, 1.54) is 41.7 Å². The summed E-state index contributed by atoms with van der Waals surface area (Å²) in [5.74, 6) is 0.546. The van der Waals surface area contributed by atoms with Crippen LogP contribution >= 0.6 is 23.1 Å². The molecule has 0 radical (unpaired) electrons. The van der Waals surface area contributed by atoms with E-state index in [2.05, 4.69) is 60.3 Å². The van der Waals surface area contributed by atoms with Gasteiger partial charge in [0.25, 0.3) is 5.91 Å². The molecule has 184 valence electrons. The molecule has 1 saturated heterocycles. The van der Waals surface area contributed by atoms with E-state index in [-0.39, 0.29) is 5.91 Å². The molecule has 1 N–H and O–H groups in total. The summed E-state index contributed by atoms with van der Waals surface area (Å²) in [7, 11) is 0. The van der Waals surface area contributed by atoms with E-state index in [4.69, 9.17) is 4.74 Å². The minimum Gasteiger partial charge on any atom is -0.490 e. The maximum Gasteiger partial charge on any atom is 0.257 e. The predicted octanol–water partition coefficient (Wildman–Crippen LogP) is 6.79. The van der Waals surface area contributed by atoms with Crippen LogP contribution < -0.4 is 10.1 Å². The highest BCUT2D eigenvalue weighted by Gasteiger charge is 2.19. The lowest BCUT2D eigenvalue weighted by molar-refractivity contribution is 0.102. The number of aromatic nitrogens is 2. The van der Waals surface area contributed by atoms with Crippen LogP contribution in [0.4, 0.5) is 5.13 Å². The fourth-order valence-corrected chi connectivity index (χ4v) is 5.71. The fourth-order valence-electron chi connectivity index (χ4n) is 3.65. The highest BCUT2D eigenvalue weighted by Crippen LogP contribution is 2.31. The number of carbonyl (C=O) groups excluding carboxylic acids is 1. The lowest BCUT2D eigenvalue weighted by Gasteiger charge is -2.31. The van der Waals surface area contributed by atoms with Crippen molar-refractivity contribution >= 4 is 34.1 Å². The van der Waals surface area contributed by atoms with E-state index < -0.39 is 0 Å². The van der Waals surface area contributed by atoms with E-state index in [0.717, 1.165) is 36.0 Å². The summed E-state index contributed by atoms with van der Waals surface area (Å²) in [6.45, 7) is 11.4. The van der Waals surface area contributed by atoms with Crippen molar-refractivity contribution in [2.75, 3.05) is 25.0 Å². The van der Waals surface area contributed by atoms with Gasteiger partial charge in [-0.25, -0.2) is 0 Å². The second-order valence-corrected chi connectivity index (χ2v) is 11.4. The summed E-state index contributed by atoms with van der Waals surface area (Å²) in [5.41, 5.74) is 3.22. The van der Waals surface area contributed by atoms with Crippen LogP contribution in [-0.4, -0.2) is 46.1 Å². The zero-order chi connectivity index (χ0) is 24.3. The van der Waals surface area contributed by atoms with E-state index in [1.807, 2.05) is 12.1 Å². The fraction of sp³-hybridized carbons (Fsp3) is 0.500. The van der Waals surface area contributed by atoms with Crippen LogP contribution in [0.1, 0.15) is 70.2 Å². The first kappa shape index (κ1) is 26.4. The molecule has 1 aromatic heterocycles. The van der Waals surface area contributed by atoms with Crippen LogP contribution in [-0.2, 0) is 0 Å². The number of benzene rings is 1. The first-order valence-electron chi connectivity index (χ1n) is 12.0. The van der Waals surface area contributed by atoms with Crippen LogP contribution in [0.15, 0.2) is 51.9 Å². The Morgan fingerprint density at radius 1 is 1.15 bits per heavy atom. The third-order valence-corrected chi connectivity index (χ3v) is 7.79. The number of nitrogens with one attached hydrogen (secondary N) is 1. The predicted molar refractivity (Wildman–Crippen MR) is 143 cm³/mol. The summed E-state index contributed by atoms with van der Waals surface area (Å²) in [6.07, 6.45) is 10.3. The summed E-state index contributed by atoms with van der Waals surface area (Å²) < 4.78 is 6.67. The molecule has 1 amide bonds. The van der Waals surface area contributed by atoms with Crippen molar-refractivity contribution in [1.82, 2.24) is 15.1 Å². The number of piperidine rings is 1. The molecule has 0 aliphatic carbocycles. The molecule has 2 heterocycles. The van der Waals surface area contributed by atoms with Gasteiger partial charge in [0.05, 0.1) is 5.37 Å². The highest BCUT2D eigenvalue weighted by molar-refractivity contribution is 8.01. The third-order valence-electron chi connectivity index (χ3n) is 5.69. The zero-order valence-electron chi connectivity index (χ0n) is 20.7. The zero-order valence-corrected chi connectivity index (χ0v) is 22.3. The first-order chi connectivity index (χ1) is 16.4. The molecule has 0 saturated carbocycles. The lowest BCUT2D eigenvalue weighted by Crippen LogP contribution is -2.35. The molecule has 2 aromatic rings. The summed E-state index contributed by atoms with van der Waals surface area (Å²) in [5, 5.41) is 12.1. The number of likely N-dealkylation sites (tertiary alicyclic amines) is 1. The van der Waals surface area contributed by atoms with Gasteiger partial charge >= 0.3 is 0 Å². The number of hydrogen-bond donors (Lipinski definition) is 1. The SMILES string of the molecule is CC(C)=CCC/C(C)=C/COc1ccc(C(=O)Nc2nnc(SC(C)N3CCCCC3)s2)cc1. The van der Waals surface area contributed by atoms with Crippen LogP contribution in [0.5, 0.6) is 5.75 Å². The quantitative estimate of drug-likeness (QED) is 0.208. The number of carbonyl (C=O) groups is 1. The molecular formula is C26H36N4O2S2. The standard InChI is InChI=1S/C26H36N4O2S2/c1-19(2)9-8-10-20(3)15-18-32-23-13-11-22(12-14-23)24(31)27-25-28-29-26(34-25)33-21(4)30-16-6-5-7-17-30/h9,11-15,21H,5-8,10,16-18H2,1-4H3,(H,27,28,31)/b20-15+. The normalized spacial score (nSPS) is 15.6. The van der Waals surface area contributed by atoms with E-state index in [9.17, 15) is 4.79 Å². The number of allylic oxidation sites excluding steroid dienone is 3. The average Bonchev–Trinajstić information content (AvgIpc) is 3.26. The molecule has 1 fully saturated rings. The molecule has 8 heteroatoms. The highest BCUT2D eigenvalue weighted by atomic mass is 32.2. The molecule has 1 aliphatic heterocycles. The Hall–Kier alpha value is -2.16. The molecule has 6 nitrogen and oxygen atoms in total. The molecule has 1 unspecified atom stereocenters. The van der Waals surface area contributed by atoms with Gasteiger partial charge in [-0.15, -0.1) is 10.2 Å². The number of anilines is 1. The monoisotopic (exact) mass is 500 g/mol. The van der Waals surface area contributed by atoms with Crippen molar-refractivity contribution in [2.45, 2.75) is 69.5 Å². The number of amides is 1. The molecule has 3 rings (SSSR count). The Labute approximate surface area is 211 Å². The largest absolute Gasteiger partial charge is 0.490 e. The topological polar surface area (TPSA) is 67.3 Å². The minimum absolute atomic E-state index is 0.196. The van der Waals surface area contributed by atoms with Crippen molar-refractivity contribution in [2.24, 2.45) is 0 Å². The molecule has 34 heavy (non-hydrogen) atoms. The van der Waals surface area contributed by atoms with Crippen molar-refractivity contribution in [1.29, 1.82) is 0 Å². The molecule has 1 aromatic carbocycles. The number of rotatable bonds is 11. The van der Waals surface area contributed by atoms with Gasteiger partial charge in [-0.05, 0) is 96.8 Å². The molecular weight excluding hydrogens is 464 g/mol. The van der Waals surface area contributed by atoms with E-state index in [1.54, 1.807) is 23.9 Å². The summed E-state index contributed by atoms with van der Waals surface area (Å²) >= 11 is 3.13. The van der Waals surface area contributed by atoms with Gasteiger partial charge in [0.15, 0.2) is 4.34 Å². The van der Waals surface area contributed by atoms with Crippen molar-refractivity contribution < 1.29 is 9.53 Å². The van der Waals surface area contributed by atoms with Gasteiger partial charge < -0.3 is 4.74 Å². The van der Waals surface area contributed by atoms with Crippen LogP contribution in [0.25, 0.3) is 0 Å². The molecule has 1 atom stereocenters. The van der Waals surface area contributed by atoms with Crippen LogP contribution in [0, 0.1) is 0 Å². The number of ether oxygens (including phenoxy) is 1. The molecule has 1 aliphatic rings. The second-order valence-electron chi connectivity index (χ2n) is 8.85.